The number of rotatable bonds is 4. The van der Waals surface area contributed by atoms with Crippen molar-refractivity contribution in [3.63, 3.8) is 0 Å². The third-order valence-electron chi connectivity index (χ3n) is 2.67. The molecule has 0 saturated heterocycles. The summed E-state index contributed by atoms with van der Waals surface area (Å²) in [7, 11) is 0. The predicted octanol–water partition coefficient (Wildman–Crippen LogP) is 0.562. The monoisotopic (exact) mass is 224 g/mol. The van der Waals surface area contributed by atoms with Crippen LogP contribution in [0, 0.1) is 18.3 Å². The second-order valence-corrected chi connectivity index (χ2v) is 3.90. The van der Waals surface area contributed by atoms with E-state index in [1.807, 2.05) is 0 Å². The number of carboxylic acid groups (broad SMARTS) is 1. The summed E-state index contributed by atoms with van der Waals surface area (Å²) in [5, 5.41) is 14.1. The Hall–Kier alpha value is -1.70. The van der Waals surface area contributed by atoms with Gasteiger partial charge in [0.15, 0.2) is 0 Å². The van der Waals surface area contributed by atoms with Gasteiger partial charge in [-0.05, 0) is 19.3 Å². The molecule has 0 bridgehead atoms. The van der Waals surface area contributed by atoms with Crippen molar-refractivity contribution in [3.05, 3.63) is 0 Å². The molecule has 0 spiro atoms. The van der Waals surface area contributed by atoms with Gasteiger partial charge in [-0.1, -0.05) is 0 Å². The normalized spacial score (nSPS) is 23.4. The maximum Gasteiger partial charge on any atom is 0.315 e. The quantitative estimate of drug-likeness (QED) is 0.482. The van der Waals surface area contributed by atoms with Crippen molar-refractivity contribution >= 4 is 12.0 Å². The van der Waals surface area contributed by atoms with Gasteiger partial charge in [0.25, 0.3) is 0 Å². The molecular weight excluding hydrogens is 208 g/mol. The zero-order valence-electron chi connectivity index (χ0n) is 9.03. The van der Waals surface area contributed by atoms with E-state index in [1.165, 1.54) is 0 Å². The summed E-state index contributed by atoms with van der Waals surface area (Å²) in [4.78, 5) is 22.0. The van der Waals surface area contributed by atoms with E-state index in [-0.39, 0.29) is 18.0 Å². The molecule has 1 aliphatic rings. The molecule has 5 nitrogen and oxygen atoms in total. The van der Waals surface area contributed by atoms with Crippen molar-refractivity contribution in [1.29, 1.82) is 0 Å². The van der Waals surface area contributed by atoms with Crippen molar-refractivity contribution in [2.75, 3.05) is 6.54 Å². The molecule has 2 amide bonds. The lowest BCUT2D eigenvalue weighted by molar-refractivity contribution is -0.141. The van der Waals surface area contributed by atoms with Gasteiger partial charge in [-0.3, -0.25) is 4.79 Å². The minimum Gasteiger partial charge on any atom is -0.481 e. The van der Waals surface area contributed by atoms with Gasteiger partial charge in [0, 0.05) is 19.0 Å². The summed E-state index contributed by atoms with van der Waals surface area (Å²) in [5.74, 6) is 1.31. The predicted molar refractivity (Wildman–Crippen MR) is 58.7 cm³/mol. The molecule has 16 heavy (non-hydrogen) atoms. The molecule has 5 heteroatoms. The topological polar surface area (TPSA) is 78.4 Å². The number of terminal acetylenes is 1. The fourth-order valence-electron chi connectivity index (χ4n) is 1.82. The summed E-state index contributed by atoms with van der Waals surface area (Å²) < 4.78 is 0. The van der Waals surface area contributed by atoms with Gasteiger partial charge in [-0.15, -0.1) is 12.3 Å². The number of hydrogen-bond donors (Lipinski definition) is 3. The Kier molecular flexibility index (Phi) is 4.65. The van der Waals surface area contributed by atoms with Crippen molar-refractivity contribution in [3.8, 4) is 12.3 Å². The number of carboxylic acids is 1. The van der Waals surface area contributed by atoms with Crippen LogP contribution in [0.15, 0.2) is 0 Å². The lowest BCUT2D eigenvalue weighted by Crippen LogP contribution is -2.41. The number of carbonyl (C=O) groups is 2. The first-order chi connectivity index (χ1) is 7.63. The SMILES string of the molecule is C#CCCNC(=O)NC1CCC(C(=O)O)C1. The van der Waals surface area contributed by atoms with Crippen LogP contribution < -0.4 is 10.6 Å². The van der Waals surface area contributed by atoms with Gasteiger partial charge in [-0.25, -0.2) is 4.79 Å². The molecule has 0 radical (unpaired) electrons. The van der Waals surface area contributed by atoms with Crippen molar-refractivity contribution < 1.29 is 14.7 Å². The van der Waals surface area contributed by atoms with E-state index < -0.39 is 5.97 Å². The lowest BCUT2D eigenvalue weighted by Gasteiger charge is -2.12. The molecule has 0 aromatic heterocycles. The van der Waals surface area contributed by atoms with Crippen LogP contribution in [-0.2, 0) is 4.79 Å². The minimum atomic E-state index is -0.781. The summed E-state index contributed by atoms with van der Waals surface area (Å²) in [6.07, 6.45) is 7.40. The summed E-state index contributed by atoms with van der Waals surface area (Å²) in [5.41, 5.74) is 0. The molecule has 0 aromatic rings. The second kappa shape index (κ2) is 6.01. The number of hydrogen-bond acceptors (Lipinski definition) is 2. The minimum absolute atomic E-state index is 0.0352. The maximum absolute atomic E-state index is 11.3. The Balaban J connectivity index is 2.21. The Morgan fingerprint density at radius 3 is 2.75 bits per heavy atom. The van der Waals surface area contributed by atoms with E-state index >= 15 is 0 Å². The van der Waals surface area contributed by atoms with Crippen molar-refractivity contribution in [1.82, 2.24) is 10.6 Å². The third-order valence-corrected chi connectivity index (χ3v) is 2.67. The summed E-state index contributed by atoms with van der Waals surface area (Å²) in [6.45, 7) is 0.442. The van der Waals surface area contributed by atoms with E-state index in [1.54, 1.807) is 0 Å². The van der Waals surface area contributed by atoms with Gasteiger partial charge >= 0.3 is 12.0 Å². The largest absolute Gasteiger partial charge is 0.481 e. The molecule has 0 heterocycles. The van der Waals surface area contributed by atoms with Crippen LogP contribution in [0.5, 0.6) is 0 Å². The zero-order valence-corrected chi connectivity index (χ0v) is 9.03. The molecule has 88 valence electrons. The molecule has 3 N–H and O–H groups in total. The third kappa shape index (κ3) is 3.81. The molecule has 1 fully saturated rings. The molecule has 2 atom stereocenters. The van der Waals surface area contributed by atoms with Crippen LogP contribution in [-0.4, -0.2) is 29.7 Å². The average Bonchev–Trinajstić information content (AvgIpc) is 2.66. The fraction of sp³-hybridized carbons (Fsp3) is 0.636. The number of carbonyl (C=O) groups excluding carboxylic acids is 1. The van der Waals surface area contributed by atoms with Crippen LogP contribution in [0.4, 0.5) is 4.79 Å². The Bertz CT molecular complexity index is 309. The van der Waals surface area contributed by atoms with Crippen molar-refractivity contribution in [2.45, 2.75) is 31.7 Å². The molecule has 1 saturated carbocycles. The molecular formula is C11H16N2O3. The Labute approximate surface area is 94.6 Å². The van der Waals surface area contributed by atoms with Gasteiger partial charge in [0.05, 0.1) is 5.92 Å². The standard InChI is InChI=1S/C11H16N2O3/c1-2-3-6-12-11(16)13-9-5-4-8(7-9)10(14)15/h1,8-9H,3-7H2,(H,14,15)(H2,12,13,16). The lowest BCUT2D eigenvalue weighted by atomic mass is 10.1. The second-order valence-electron chi connectivity index (χ2n) is 3.90. The highest BCUT2D eigenvalue weighted by molar-refractivity contribution is 5.75. The molecule has 0 aromatic carbocycles. The summed E-state index contributed by atoms with van der Waals surface area (Å²) in [6, 6.07) is -0.307. The van der Waals surface area contributed by atoms with Gasteiger partial charge in [0.1, 0.15) is 0 Å². The number of amides is 2. The zero-order chi connectivity index (χ0) is 12.0. The smallest absolute Gasteiger partial charge is 0.315 e. The van der Waals surface area contributed by atoms with Crippen molar-refractivity contribution in [2.24, 2.45) is 5.92 Å². The van der Waals surface area contributed by atoms with E-state index in [0.29, 0.717) is 25.8 Å². The number of aliphatic carboxylic acids is 1. The average molecular weight is 224 g/mol. The van der Waals surface area contributed by atoms with E-state index in [0.717, 1.165) is 6.42 Å². The highest BCUT2D eigenvalue weighted by Gasteiger charge is 2.30. The van der Waals surface area contributed by atoms with Crippen LogP contribution in [0.25, 0.3) is 0 Å². The maximum atomic E-state index is 11.3. The first-order valence-electron chi connectivity index (χ1n) is 5.34. The van der Waals surface area contributed by atoms with E-state index in [2.05, 4.69) is 16.6 Å². The van der Waals surface area contributed by atoms with Gasteiger partial charge in [0.2, 0.25) is 0 Å². The number of urea groups is 1. The highest BCUT2D eigenvalue weighted by Crippen LogP contribution is 2.25. The van der Waals surface area contributed by atoms with Crippen LogP contribution in [0.2, 0.25) is 0 Å². The Morgan fingerprint density at radius 2 is 2.19 bits per heavy atom. The van der Waals surface area contributed by atoms with E-state index in [9.17, 15) is 9.59 Å². The molecule has 0 aliphatic heterocycles. The number of nitrogens with one attached hydrogen (secondary N) is 2. The Morgan fingerprint density at radius 1 is 1.44 bits per heavy atom. The molecule has 1 aliphatic carbocycles. The van der Waals surface area contributed by atoms with Gasteiger partial charge in [-0.2, -0.15) is 0 Å². The first-order valence-corrected chi connectivity index (χ1v) is 5.34. The van der Waals surface area contributed by atoms with E-state index in [4.69, 9.17) is 11.5 Å². The summed E-state index contributed by atoms with van der Waals surface area (Å²) >= 11 is 0. The fourth-order valence-corrected chi connectivity index (χ4v) is 1.82. The van der Waals surface area contributed by atoms with Crippen LogP contribution >= 0.6 is 0 Å². The highest BCUT2D eigenvalue weighted by atomic mass is 16.4. The van der Waals surface area contributed by atoms with Crippen LogP contribution in [0.1, 0.15) is 25.7 Å². The molecule has 2 unspecified atom stereocenters. The first kappa shape index (κ1) is 12.4. The van der Waals surface area contributed by atoms with Gasteiger partial charge < -0.3 is 15.7 Å². The molecule has 1 rings (SSSR count). The van der Waals surface area contributed by atoms with Crippen LogP contribution in [0.3, 0.4) is 0 Å².